The van der Waals surface area contributed by atoms with Crippen LogP contribution in [-0.2, 0) is 0 Å². The van der Waals surface area contributed by atoms with Crippen molar-refractivity contribution in [3.05, 3.63) is 34.1 Å². The van der Waals surface area contributed by atoms with Crippen LogP contribution in [0.3, 0.4) is 0 Å². The third-order valence-corrected chi connectivity index (χ3v) is 3.62. The largest absolute Gasteiger partial charge is 0.352 e. The van der Waals surface area contributed by atoms with Crippen molar-refractivity contribution >= 4 is 21.8 Å². The molecule has 1 amide bonds. The SMILES string of the molecule is O=C(NCCCC1CC1)c1c(F)cccc1Br. The number of hydrogen-bond acceptors (Lipinski definition) is 1. The molecular formula is C13H15BrFNO. The minimum absolute atomic E-state index is 0.0962. The maximum atomic E-state index is 13.5. The smallest absolute Gasteiger partial charge is 0.255 e. The topological polar surface area (TPSA) is 29.1 Å². The van der Waals surface area contributed by atoms with E-state index in [2.05, 4.69) is 21.2 Å². The molecule has 2 nitrogen and oxygen atoms in total. The van der Waals surface area contributed by atoms with Crippen LogP contribution < -0.4 is 5.32 Å². The lowest BCUT2D eigenvalue weighted by atomic mass is 10.2. The molecule has 0 saturated heterocycles. The zero-order chi connectivity index (χ0) is 12.3. The van der Waals surface area contributed by atoms with Crippen LogP contribution >= 0.6 is 15.9 Å². The first-order valence-electron chi connectivity index (χ1n) is 5.90. The summed E-state index contributed by atoms with van der Waals surface area (Å²) in [7, 11) is 0. The second-order valence-electron chi connectivity index (χ2n) is 4.44. The first-order chi connectivity index (χ1) is 8.18. The summed E-state index contributed by atoms with van der Waals surface area (Å²) >= 11 is 3.19. The molecule has 0 spiro atoms. The Labute approximate surface area is 109 Å². The van der Waals surface area contributed by atoms with Gasteiger partial charge in [0.05, 0.1) is 5.56 Å². The van der Waals surface area contributed by atoms with Crippen molar-refractivity contribution in [2.45, 2.75) is 25.7 Å². The Balaban J connectivity index is 1.85. The molecule has 1 saturated carbocycles. The fourth-order valence-electron chi connectivity index (χ4n) is 1.80. The van der Waals surface area contributed by atoms with E-state index in [0.717, 1.165) is 12.3 Å². The maximum absolute atomic E-state index is 13.5. The van der Waals surface area contributed by atoms with E-state index < -0.39 is 5.82 Å². The van der Waals surface area contributed by atoms with Gasteiger partial charge >= 0.3 is 0 Å². The molecule has 0 heterocycles. The van der Waals surface area contributed by atoms with Gasteiger partial charge in [0.1, 0.15) is 5.82 Å². The normalized spacial score (nSPS) is 14.7. The van der Waals surface area contributed by atoms with E-state index in [4.69, 9.17) is 0 Å². The van der Waals surface area contributed by atoms with Crippen LogP contribution in [0.25, 0.3) is 0 Å². The summed E-state index contributed by atoms with van der Waals surface area (Å²) in [5.41, 5.74) is 0.0962. The Bertz CT molecular complexity index is 398. The maximum Gasteiger partial charge on any atom is 0.255 e. The van der Waals surface area contributed by atoms with Crippen molar-refractivity contribution in [3.63, 3.8) is 0 Å². The Hall–Kier alpha value is -0.900. The lowest BCUT2D eigenvalue weighted by Gasteiger charge is -2.07. The van der Waals surface area contributed by atoms with Crippen LogP contribution in [0, 0.1) is 11.7 Å². The number of amides is 1. The molecule has 4 heteroatoms. The van der Waals surface area contributed by atoms with Crippen molar-refractivity contribution in [3.8, 4) is 0 Å². The van der Waals surface area contributed by atoms with E-state index in [1.54, 1.807) is 12.1 Å². The van der Waals surface area contributed by atoms with Crippen molar-refractivity contribution in [2.75, 3.05) is 6.54 Å². The number of carbonyl (C=O) groups is 1. The molecule has 2 rings (SSSR count). The van der Waals surface area contributed by atoms with Crippen LogP contribution in [0.1, 0.15) is 36.0 Å². The van der Waals surface area contributed by atoms with E-state index in [9.17, 15) is 9.18 Å². The molecule has 0 atom stereocenters. The van der Waals surface area contributed by atoms with Crippen LogP contribution in [0.4, 0.5) is 4.39 Å². The molecule has 1 aliphatic carbocycles. The van der Waals surface area contributed by atoms with E-state index in [1.165, 1.54) is 25.3 Å². The zero-order valence-corrected chi connectivity index (χ0v) is 11.1. The average Bonchev–Trinajstić information content (AvgIpc) is 3.08. The highest BCUT2D eigenvalue weighted by molar-refractivity contribution is 9.10. The third kappa shape index (κ3) is 3.53. The number of rotatable bonds is 5. The second-order valence-corrected chi connectivity index (χ2v) is 5.29. The standard InChI is InChI=1S/C13H15BrFNO/c14-10-4-1-5-11(15)12(10)13(17)16-8-2-3-9-6-7-9/h1,4-5,9H,2-3,6-8H2,(H,16,17). The summed E-state index contributed by atoms with van der Waals surface area (Å²) in [6, 6.07) is 4.54. The molecule has 1 N–H and O–H groups in total. The van der Waals surface area contributed by atoms with Crippen molar-refractivity contribution in [1.82, 2.24) is 5.32 Å². The quantitative estimate of drug-likeness (QED) is 0.828. The number of nitrogens with one attached hydrogen (secondary N) is 1. The van der Waals surface area contributed by atoms with Gasteiger partial charge in [0.25, 0.3) is 5.91 Å². The van der Waals surface area contributed by atoms with E-state index in [0.29, 0.717) is 11.0 Å². The second kappa shape index (κ2) is 5.63. The monoisotopic (exact) mass is 299 g/mol. The first-order valence-corrected chi connectivity index (χ1v) is 6.70. The number of benzene rings is 1. The summed E-state index contributed by atoms with van der Waals surface area (Å²) in [6.07, 6.45) is 4.79. The van der Waals surface area contributed by atoms with Gasteiger partial charge in [-0.2, -0.15) is 0 Å². The first kappa shape index (κ1) is 12.6. The Morgan fingerprint density at radius 2 is 2.24 bits per heavy atom. The highest BCUT2D eigenvalue weighted by Crippen LogP contribution is 2.33. The van der Waals surface area contributed by atoms with Crippen LogP contribution in [0.5, 0.6) is 0 Å². The Morgan fingerprint density at radius 1 is 1.47 bits per heavy atom. The Morgan fingerprint density at radius 3 is 2.88 bits per heavy atom. The number of halogens is 2. The molecule has 0 radical (unpaired) electrons. The van der Waals surface area contributed by atoms with E-state index in [1.807, 2.05) is 0 Å². The predicted octanol–water partition coefficient (Wildman–Crippen LogP) is 3.51. The van der Waals surface area contributed by atoms with E-state index >= 15 is 0 Å². The fraction of sp³-hybridized carbons (Fsp3) is 0.462. The van der Waals surface area contributed by atoms with Crippen molar-refractivity contribution < 1.29 is 9.18 Å². The lowest BCUT2D eigenvalue weighted by Crippen LogP contribution is -2.25. The van der Waals surface area contributed by atoms with Gasteiger partial charge in [0.15, 0.2) is 0 Å². The van der Waals surface area contributed by atoms with Crippen LogP contribution in [-0.4, -0.2) is 12.5 Å². The number of carbonyl (C=O) groups excluding carboxylic acids is 1. The molecule has 0 unspecified atom stereocenters. The number of hydrogen-bond donors (Lipinski definition) is 1. The fourth-order valence-corrected chi connectivity index (χ4v) is 2.32. The molecule has 1 aromatic carbocycles. The zero-order valence-electron chi connectivity index (χ0n) is 9.51. The summed E-state index contributed by atoms with van der Waals surface area (Å²) in [6.45, 7) is 0.621. The molecule has 1 aromatic rings. The molecule has 0 aromatic heterocycles. The van der Waals surface area contributed by atoms with Gasteiger partial charge in [-0.25, -0.2) is 4.39 Å². The summed E-state index contributed by atoms with van der Waals surface area (Å²) in [5.74, 6) is 0.0388. The molecule has 1 aliphatic rings. The Kier molecular flexibility index (Phi) is 4.15. The molecule has 0 aliphatic heterocycles. The molecule has 17 heavy (non-hydrogen) atoms. The van der Waals surface area contributed by atoms with Crippen LogP contribution in [0.2, 0.25) is 0 Å². The highest BCUT2D eigenvalue weighted by Gasteiger charge is 2.20. The van der Waals surface area contributed by atoms with Gasteiger partial charge in [-0.15, -0.1) is 0 Å². The van der Waals surface area contributed by atoms with Gasteiger partial charge in [0, 0.05) is 11.0 Å². The van der Waals surface area contributed by atoms with Crippen molar-refractivity contribution in [2.24, 2.45) is 5.92 Å². The molecular weight excluding hydrogens is 285 g/mol. The predicted molar refractivity (Wildman–Crippen MR) is 68.4 cm³/mol. The van der Waals surface area contributed by atoms with Gasteiger partial charge in [-0.3, -0.25) is 4.79 Å². The average molecular weight is 300 g/mol. The minimum atomic E-state index is -0.487. The van der Waals surface area contributed by atoms with Gasteiger partial charge in [-0.05, 0) is 46.8 Å². The van der Waals surface area contributed by atoms with Gasteiger partial charge < -0.3 is 5.32 Å². The summed E-state index contributed by atoms with van der Waals surface area (Å²) in [5, 5.41) is 2.75. The van der Waals surface area contributed by atoms with Gasteiger partial charge in [0.2, 0.25) is 0 Å². The van der Waals surface area contributed by atoms with Gasteiger partial charge in [-0.1, -0.05) is 18.9 Å². The highest BCUT2D eigenvalue weighted by atomic mass is 79.9. The molecule has 92 valence electrons. The lowest BCUT2D eigenvalue weighted by molar-refractivity contribution is 0.0948. The van der Waals surface area contributed by atoms with E-state index in [-0.39, 0.29) is 11.5 Å². The van der Waals surface area contributed by atoms with Crippen LogP contribution in [0.15, 0.2) is 22.7 Å². The third-order valence-electron chi connectivity index (χ3n) is 2.96. The van der Waals surface area contributed by atoms with Crippen molar-refractivity contribution in [1.29, 1.82) is 0 Å². The minimum Gasteiger partial charge on any atom is -0.352 e. The molecule has 1 fully saturated rings. The summed E-state index contributed by atoms with van der Waals surface area (Å²) in [4.78, 5) is 11.8. The summed E-state index contributed by atoms with van der Waals surface area (Å²) < 4.78 is 14.0. The molecule has 0 bridgehead atoms.